The van der Waals surface area contributed by atoms with Crippen LogP contribution in [0.3, 0.4) is 0 Å². The maximum Gasteiger partial charge on any atom is 0.337 e. The van der Waals surface area contributed by atoms with Crippen molar-refractivity contribution in [1.29, 1.82) is 0 Å². The first-order valence-corrected chi connectivity index (χ1v) is 8.82. The van der Waals surface area contributed by atoms with Crippen LogP contribution in [-0.4, -0.2) is 42.9 Å². The van der Waals surface area contributed by atoms with Crippen molar-refractivity contribution >= 4 is 23.5 Å². The third kappa shape index (κ3) is 5.31. The van der Waals surface area contributed by atoms with Gasteiger partial charge >= 0.3 is 5.97 Å². The van der Waals surface area contributed by atoms with E-state index in [1.165, 1.54) is 7.11 Å². The van der Waals surface area contributed by atoms with Gasteiger partial charge in [-0.25, -0.2) is 4.79 Å². The number of anilines is 1. The van der Waals surface area contributed by atoms with Crippen LogP contribution in [0.25, 0.3) is 0 Å². The fourth-order valence-electron chi connectivity index (χ4n) is 2.96. The Balaban J connectivity index is 1.87. The van der Waals surface area contributed by atoms with Gasteiger partial charge in [-0.2, -0.15) is 0 Å². The van der Waals surface area contributed by atoms with Crippen LogP contribution in [0.5, 0.6) is 0 Å². The summed E-state index contributed by atoms with van der Waals surface area (Å²) in [5.74, 6) is -0.429. The van der Waals surface area contributed by atoms with Crippen molar-refractivity contribution in [3.8, 4) is 0 Å². The third-order valence-corrected chi connectivity index (χ3v) is 4.51. The highest BCUT2D eigenvalue weighted by Crippen LogP contribution is 2.21. The quantitative estimate of drug-likeness (QED) is 0.804. The molecular formula is C19H26N2O4. The van der Waals surface area contributed by atoms with Gasteiger partial charge in [0.05, 0.1) is 12.7 Å². The van der Waals surface area contributed by atoms with Crippen molar-refractivity contribution in [1.82, 2.24) is 4.90 Å². The van der Waals surface area contributed by atoms with E-state index in [-0.39, 0.29) is 17.7 Å². The molecule has 0 unspecified atom stereocenters. The van der Waals surface area contributed by atoms with E-state index < -0.39 is 5.97 Å². The molecule has 1 heterocycles. The first-order valence-electron chi connectivity index (χ1n) is 8.82. The molecule has 6 heteroatoms. The zero-order chi connectivity index (χ0) is 18.2. The summed E-state index contributed by atoms with van der Waals surface area (Å²) < 4.78 is 4.69. The number of methoxy groups -OCH3 is 1. The van der Waals surface area contributed by atoms with Crippen LogP contribution in [-0.2, 0) is 14.3 Å². The number of unbranched alkanes of at least 4 members (excludes halogenated alkanes) is 1. The van der Waals surface area contributed by atoms with Gasteiger partial charge in [0.25, 0.3) is 0 Å². The minimum atomic E-state index is -0.435. The lowest BCUT2D eigenvalue weighted by atomic mass is 9.95. The summed E-state index contributed by atoms with van der Waals surface area (Å²) in [6, 6.07) is 6.69. The van der Waals surface area contributed by atoms with E-state index in [1.54, 1.807) is 24.3 Å². The van der Waals surface area contributed by atoms with Gasteiger partial charge in [0, 0.05) is 31.1 Å². The summed E-state index contributed by atoms with van der Waals surface area (Å²) in [6.07, 6.45) is 3.85. The van der Waals surface area contributed by atoms with E-state index >= 15 is 0 Å². The molecule has 1 aromatic carbocycles. The zero-order valence-electron chi connectivity index (χ0n) is 14.9. The molecule has 1 aliphatic heterocycles. The topological polar surface area (TPSA) is 75.7 Å². The van der Waals surface area contributed by atoms with Gasteiger partial charge in [0.2, 0.25) is 11.8 Å². The van der Waals surface area contributed by atoms with Crippen LogP contribution in [0.2, 0.25) is 0 Å². The van der Waals surface area contributed by atoms with Gasteiger partial charge in [0.1, 0.15) is 0 Å². The lowest BCUT2D eigenvalue weighted by Gasteiger charge is -2.31. The average molecular weight is 346 g/mol. The van der Waals surface area contributed by atoms with Crippen LogP contribution in [0.4, 0.5) is 5.69 Å². The number of hydrogen-bond donors (Lipinski definition) is 1. The number of ether oxygens (including phenoxy) is 1. The van der Waals surface area contributed by atoms with E-state index in [9.17, 15) is 14.4 Å². The molecule has 1 saturated heterocycles. The Kier molecular flexibility index (Phi) is 6.98. The van der Waals surface area contributed by atoms with E-state index in [4.69, 9.17) is 0 Å². The van der Waals surface area contributed by atoms with Crippen molar-refractivity contribution in [2.75, 3.05) is 25.5 Å². The molecule has 0 bridgehead atoms. The number of esters is 1. The summed E-state index contributed by atoms with van der Waals surface area (Å²) in [7, 11) is 1.32. The van der Waals surface area contributed by atoms with Crippen LogP contribution in [0, 0.1) is 5.92 Å². The molecule has 1 aromatic rings. The van der Waals surface area contributed by atoms with Crippen molar-refractivity contribution in [3.05, 3.63) is 29.8 Å². The van der Waals surface area contributed by atoms with E-state index in [1.807, 2.05) is 4.90 Å². The fourth-order valence-corrected chi connectivity index (χ4v) is 2.96. The third-order valence-electron chi connectivity index (χ3n) is 4.51. The molecule has 0 atom stereocenters. The van der Waals surface area contributed by atoms with E-state index in [0.717, 1.165) is 12.8 Å². The van der Waals surface area contributed by atoms with E-state index in [2.05, 4.69) is 17.0 Å². The maximum atomic E-state index is 12.4. The van der Waals surface area contributed by atoms with Gasteiger partial charge in [-0.05, 0) is 37.5 Å². The predicted molar refractivity (Wildman–Crippen MR) is 95.2 cm³/mol. The minimum Gasteiger partial charge on any atom is -0.465 e. The monoisotopic (exact) mass is 346 g/mol. The highest BCUT2D eigenvalue weighted by atomic mass is 16.5. The number of amides is 2. The molecule has 25 heavy (non-hydrogen) atoms. The molecule has 0 aliphatic carbocycles. The second-order valence-corrected chi connectivity index (χ2v) is 6.32. The Morgan fingerprint density at radius 3 is 2.60 bits per heavy atom. The summed E-state index contributed by atoms with van der Waals surface area (Å²) in [4.78, 5) is 37.9. The number of likely N-dealkylation sites (tertiary alicyclic amines) is 1. The Morgan fingerprint density at radius 2 is 1.96 bits per heavy atom. The fraction of sp³-hybridized carbons (Fsp3) is 0.526. The van der Waals surface area contributed by atoms with Gasteiger partial charge in [-0.3, -0.25) is 9.59 Å². The molecular weight excluding hydrogens is 320 g/mol. The SMILES string of the molecule is CCCCC(=O)N1CCC(C(=O)Nc2cccc(C(=O)OC)c2)CC1. The van der Waals surface area contributed by atoms with Crippen LogP contribution in [0.15, 0.2) is 24.3 Å². The Labute approximate surface area is 148 Å². The number of carbonyl (C=O) groups is 3. The van der Waals surface area contributed by atoms with Gasteiger partial charge < -0.3 is 15.0 Å². The van der Waals surface area contributed by atoms with Crippen molar-refractivity contribution in [2.24, 2.45) is 5.92 Å². The molecule has 1 aliphatic rings. The van der Waals surface area contributed by atoms with E-state index in [0.29, 0.717) is 43.6 Å². The molecule has 0 radical (unpaired) electrons. The minimum absolute atomic E-state index is 0.0670. The van der Waals surface area contributed by atoms with Gasteiger partial charge in [-0.1, -0.05) is 19.4 Å². The molecule has 0 spiro atoms. The Morgan fingerprint density at radius 1 is 1.24 bits per heavy atom. The average Bonchev–Trinajstić information content (AvgIpc) is 2.65. The second kappa shape index (κ2) is 9.20. The summed E-state index contributed by atoms with van der Waals surface area (Å²) in [5.41, 5.74) is 0.978. The molecule has 1 fully saturated rings. The lowest BCUT2D eigenvalue weighted by Crippen LogP contribution is -2.41. The van der Waals surface area contributed by atoms with Crippen LogP contribution < -0.4 is 5.32 Å². The second-order valence-electron chi connectivity index (χ2n) is 6.32. The molecule has 0 saturated carbocycles. The highest BCUT2D eigenvalue weighted by Gasteiger charge is 2.27. The number of benzene rings is 1. The summed E-state index contributed by atoms with van der Waals surface area (Å²) in [6.45, 7) is 3.32. The number of carbonyl (C=O) groups excluding carboxylic acids is 3. The van der Waals surface area contributed by atoms with Crippen molar-refractivity contribution < 1.29 is 19.1 Å². The molecule has 2 rings (SSSR count). The smallest absolute Gasteiger partial charge is 0.337 e. The number of rotatable bonds is 6. The Hall–Kier alpha value is -2.37. The molecule has 1 N–H and O–H groups in total. The molecule has 6 nitrogen and oxygen atoms in total. The number of nitrogens with zero attached hydrogens (tertiary/aromatic N) is 1. The summed E-state index contributed by atoms with van der Waals surface area (Å²) in [5, 5.41) is 2.86. The maximum absolute atomic E-state index is 12.4. The normalized spacial score (nSPS) is 14.9. The molecule has 2 amide bonds. The van der Waals surface area contributed by atoms with Crippen molar-refractivity contribution in [2.45, 2.75) is 39.0 Å². The number of piperidine rings is 1. The van der Waals surface area contributed by atoms with Gasteiger partial charge in [-0.15, -0.1) is 0 Å². The molecule has 0 aromatic heterocycles. The summed E-state index contributed by atoms with van der Waals surface area (Å²) >= 11 is 0. The van der Waals surface area contributed by atoms with Crippen LogP contribution >= 0.6 is 0 Å². The van der Waals surface area contributed by atoms with Crippen molar-refractivity contribution in [3.63, 3.8) is 0 Å². The predicted octanol–water partition coefficient (Wildman–Crippen LogP) is 2.84. The highest BCUT2D eigenvalue weighted by molar-refractivity contribution is 5.95. The lowest BCUT2D eigenvalue weighted by molar-refractivity contribution is -0.134. The first-order chi connectivity index (χ1) is 12.0. The number of hydrogen-bond acceptors (Lipinski definition) is 4. The van der Waals surface area contributed by atoms with Crippen LogP contribution in [0.1, 0.15) is 49.4 Å². The standard InChI is InChI=1S/C19H26N2O4/c1-3-4-8-17(22)21-11-9-14(10-12-21)18(23)20-16-7-5-6-15(13-16)19(24)25-2/h5-7,13-14H,3-4,8-12H2,1-2H3,(H,20,23). The van der Waals surface area contributed by atoms with Gasteiger partial charge in [0.15, 0.2) is 0 Å². The largest absolute Gasteiger partial charge is 0.465 e. The first kappa shape index (κ1) is 19.0. The number of nitrogens with one attached hydrogen (secondary N) is 1. The Bertz CT molecular complexity index is 622. The zero-order valence-corrected chi connectivity index (χ0v) is 14.9. The molecule has 136 valence electrons.